The third-order valence-corrected chi connectivity index (χ3v) is 6.58. The van der Waals surface area contributed by atoms with Crippen LogP contribution in [0, 0.1) is 17.3 Å². The number of carbonyl (C=O) groups is 2. The van der Waals surface area contributed by atoms with Crippen LogP contribution >= 0.6 is 0 Å². The molecule has 2 saturated heterocycles. The smallest absolute Gasteiger partial charge is 0.231 e. The molecule has 2 aliphatic carbocycles. The average molecular weight is 342 g/mol. The van der Waals surface area contributed by atoms with Crippen molar-refractivity contribution in [3.63, 3.8) is 0 Å². The number of hydrogen-bond donors (Lipinski definition) is 0. The Bertz CT molecular complexity index is 721. The van der Waals surface area contributed by atoms with Crippen molar-refractivity contribution in [3.05, 3.63) is 18.2 Å². The lowest BCUT2D eigenvalue weighted by atomic mass is 9.75. The molecule has 0 aromatic carbocycles. The van der Waals surface area contributed by atoms with Crippen LogP contribution in [0.15, 0.2) is 12.5 Å². The van der Waals surface area contributed by atoms with E-state index in [1.807, 2.05) is 22.7 Å². The van der Waals surface area contributed by atoms with E-state index in [0.717, 1.165) is 38.0 Å². The lowest BCUT2D eigenvalue weighted by molar-refractivity contribution is -0.137. The van der Waals surface area contributed by atoms with Gasteiger partial charge in [-0.1, -0.05) is 0 Å². The lowest BCUT2D eigenvalue weighted by Crippen LogP contribution is -2.41. The highest BCUT2D eigenvalue weighted by atomic mass is 16.2. The zero-order chi connectivity index (χ0) is 17.2. The molecule has 25 heavy (non-hydrogen) atoms. The first-order valence-electron chi connectivity index (χ1n) is 9.63. The van der Waals surface area contributed by atoms with Gasteiger partial charge in [-0.3, -0.25) is 9.59 Å². The van der Waals surface area contributed by atoms with E-state index in [1.54, 1.807) is 6.33 Å². The number of carbonyl (C=O) groups excluding carboxylic acids is 2. The van der Waals surface area contributed by atoms with Crippen molar-refractivity contribution in [2.75, 3.05) is 26.2 Å². The minimum atomic E-state index is -0.451. The van der Waals surface area contributed by atoms with Gasteiger partial charge < -0.3 is 14.4 Å². The number of rotatable bonds is 4. The fourth-order valence-electron chi connectivity index (χ4n) is 4.77. The Morgan fingerprint density at radius 1 is 1.32 bits per heavy atom. The summed E-state index contributed by atoms with van der Waals surface area (Å²) in [6, 6.07) is 0. The van der Waals surface area contributed by atoms with E-state index in [0.29, 0.717) is 19.0 Å². The highest BCUT2D eigenvalue weighted by Crippen LogP contribution is 2.51. The second-order valence-corrected chi connectivity index (χ2v) is 8.61. The second-order valence-electron chi connectivity index (χ2n) is 8.61. The van der Waals surface area contributed by atoms with Crippen molar-refractivity contribution in [1.82, 2.24) is 19.4 Å². The van der Waals surface area contributed by atoms with Crippen LogP contribution < -0.4 is 0 Å². The van der Waals surface area contributed by atoms with E-state index < -0.39 is 5.41 Å². The predicted molar refractivity (Wildman–Crippen MR) is 91.6 cm³/mol. The number of likely N-dealkylation sites (tertiary alicyclic amines) is 2. The van der Waals surface area contributed by atoms with Gasteiger partial charge in [0, 0.05) is 51.3 Å². The molecule has 0 N–H and O–H groups in total. The molecule has 6 heteroatoms. The number of hydrogen-bond acceptors (Lipinski definition) is 3. The standard InChI is InChI=1S/C19H26N4O2/c1-21-10-16(20-12-21)15-9-23(17(24)14-4-5-14)11-19(15)6-7-22(18(19)25)8-13-2-3-13/h10,12-15H,2-9,11H2,1H3/t15-,19+/m0/s1. The van der Waals surface area contributed by atoms with Gasteiger partial charge in [0.05, 0.1) is 17.4 Å². The molecule has 4 fully saturated rings. The third kappa shape index (κ3) is 2.49. The van der Waals surface area contributed by atoms with Crippen LogP contribution in [0.5, 0.6) is 0 Å². The molecule has 1 aromatic rings. The fourth-order valence-corrected chi connectivity index (χ4v) is 4.77. The minimum Gasteiger partial charge on any atom is -0.342 e. The molecule has 3 heterocycles. The van der Waals surface area contributed by atoms with Crippen molar-refractivity contribution in [2.24, 2.45) is 24.3 Å². The van der Waals surface area contributed by atoms with Crippen LogP contribution in [-0.4, -0.2) is 57.3 Å². The number of amides is 2. The molecule has 0 bridgehead atoms. The molecule has 1 aromatic heterocycles. The van der Waals surface area contributed by atoms with E-state index in [-0.39, 0.29) is 23.7 Å². The van der Waals surface area contributed by atoms with Crippen molar-refractivity contribution < 1.29 is 9.59 Å². The van der Waals surface area contributed by atoms with Crippen LogP contribution in [0.3, 0.4) is 0 Å². The van der Waals surface area contributed by atoms with Gasteiger partial charge in [0.2, 0.25) is 11.8 Å². The van der Waals surface area contributed by atoms with E-state index in [1.165, 1.54) is 12.8 Å². The largest absolute Gasteiger partial charge is 0.342 e. The van der Waals surface area contributed by atoms with E-state index in [4.69, 9.17) is 0 Å². The van der Waals surface area contributed by atoms with Gasteiger partial charge >= 0.3 is 0 Å². The van der Waals surface area contributed by atoms with Crippen LogP contribution in [-0.2, 0) is 16.6 Å². The number of imidazole rings is 1. The topological polar surface area (TPSA) is 58.4 Å². The van der Waals surface area contributed by atoms with Gasteiger partial charge in [-0.25, -0.2) is 4.98 Å². The average Bonchev–Trinajstić information content (AvgIpc) is 3.50. The third-order valence-electron chi connectivity index (χ3n) is 6.58. The second kappa shape index (κ2) is 5.32. The first-order valence-corrected chi connectivity index (χ1v) is 9.63. The van der Waals surface area contributed by atoms with Gasteiger partial charge in [-0.15, -0.1) is 0 Å². The number of aromatic nitrogens is 2. The molecule has 5 rings (SSSR count). The van der Waals surface area contributed by atoms with E-state index in [2.05, 4.69) is 9.88 Å². The lowest BCUT2D eigenvalue weighted by Gasteiger charge is -2.27. The number of aryl methyl sites for hydroxylation is 1. The molecule has 1 spiro atoms. The Hall–Kier alpha value is -1.85. The maximum Gasteiger partial charge on any atom is 0.231 e. The quantitative estimate of drug-likeness (QED) is 0.831. The van der Waals surface area contributed by atoms with E-state index >= 15 is 0 Å². The molecule has 2 aliphatic heterocycles. The van der Waals surface area contributed by atoms with Crippen molar-refractivity contribution in [3.8, 4) is 0 Å². The van der Waals surface area contributed by atoms with Crippen molar-refractivity contribution in [2.45, 2.75) is 38.0 Å². The summed E-state index contributed by atoms with van der Waals surface area (Å²) < 4.78 is 1.94. The zero-order valence-corrected chi connectivity index (χ0v) is 14.9. The summed E-state index contributed by atoms with van der Waals surface area (Å²) in [6.07, 6.45) is 9.22. The van der Waals surface area contributed by atoms with Crippen LogP contribution in [0.1, 0.15) is 43.7 Å². The molecular formula is C19H26N4O2. The van der Waals surface area contributed by atoms with Gasteiger partial charge in [-0.2, -0.15) is 0 Å². The van der Waals surface area contributed by atoms with Gasteiger partial charge in [0.1, 0.15) is 0 Å². The first-order chi connectivity index (χ1) is 12.1. The van der Waals surface area contributed by atoms with Crippen molar-refractivity contribution >= 4 is 11.8 Å². The molecule has 2 amide bonds. The van der Waals surface area contributed by atoms with Crippen LogP contribution in [0.4, 0.5) is 0 Å². The molecule has 4 aliphatic rings. The molecule has 0 radical (unpaired) electrons. The molecule has 6 nitrogen and oxygen atoms in total. The van der Waals surface area contributed by atoms with Gasteiger partial charge in [-0.05, 0) is 38.0 Å². The Morgan fingerprint density at radius 2 is 2.12 bits per heavy atom. The number of nitrogens with zero attached hydrogens (tertiary/aromatic N) is 4. The SMILES string of the molecule is Cn1cnc([C@@H]2CN(C(=O)C3CC3)C[C@]23CCN(CC2CC2)C3=O)c1. The van der Waals surface area contributed by atoms with Crippen LogP contribution in [0.2, 0.25) is 0 Å². The Balaban J connectivity index is 1.45. The normalized spacial score (nSPS) is 32.2. The summed E-state index contributed by atoms with van der Waals surface area (Å²) in [7, 11) is 1.96. The molecular weight excluding hydrogens is 316 g/mol. The molecule has 2 atom stereocenters. The maximum absolute atomic E-state index is 13.4. The first kappa shape index (κ1) is 15.4. The highest BCUT2D eigenvalue weighted by molar-refractivity contribution is 5.89. The summed E-state index contributed by atoms with van der Waals surface area (Å²) in [6.45, 7) is 2.98. The summed E-state index contributed by atoms with van der Waals surface area (Å²) in [5.41, 5.74) is 0.517. The van der Waals surface area contributed by atoms with Crippen LogP contribution in [0.25, 0.3) is 0 Å². The monoisotopic (exact) mass is 342 g/mol. The maximum atomic E-state index is 13.4. The molecule has 2 saturated carbocycles. The highest BCUT2D eigenvalue weighted by Gasteiger charge is 2.59. The summed E-state index contributed by atoms with van der Waals surface area (Å²) >= 11 is 0. The zero-order valence-electron chi connectivity index (χ0n) is 14.9. The minimum absolute atomic E-state index is 0.0353. The Morgan fingerprint density at radius 3 is 2.76 bits per heavy atom. The Kier molecular flexibility index (Phi) is 3.28. The summed E-state index contributed by atoms with van der Waals surface area (Å²) in [5.74, 6) is 1.47. The molecule has 0 unspecified atom stereocenters. The van der Waals surface area contributed by atoms with E-state index in [9.17, 15) is 9.59 Å². The van der Waals surface area contributed by atoms with Crippen molar-refractivity contribution in [1.29, 1.82) is 0 Å². The fraction of sp³-hybridized carbons (Fsp3) is 0.737. The molecule has 134 valence electrons. The van der Waals surface area contributed by atoms with Gasteiger partial charge in [0.25, 0.3) is 0 Å². The van der Waals surface area contributed by atoms with Gasteiger partial charge in [0.15, 0.2) is 0 Å². The summed E-state index contributed by atoms with van der Waals surface area (Å²) in [4.78, 5) is 34.7. The Labute approximate surface area is 148 Å². The predicted octanol–water partition coefficient (Wildman–Crippen LogP) is 1.38. The summed E-state index contributed by atoms with van der Waals surface area (Å²) in [5, 5.41) is 0.